The summed E-state index contributed by atoms with van der Waals surface area (Å²) in [5.74, 6) is -0.580. The highest BCUT2D eigenvalue weighted by atomic mass is 19.1. The summed E-state index contributed by atoms with van der Waals surface area (Å²) < 4.78 is 14.0. The molecule has 0 radical (unpaired) electrons. The summed E-state index contributed by atoms with van der Waals surface area (Å²) in [7, 11) is 5.19. The number of hydrogen-bond donors (Lipinski definition) is 0. The summed E-state index contributed by atoms with van der Waals surface area (Å²) in [6.45, 7) is 0.325. The highest BCUT2D eigenvalue weighted by Gasteiger charge is 2.28. The molecule has 0 N–H and O–H groups in total. The number of hydrogen-bond acceptors (Lipinski definition) is 4. The minimum atomic E-state index is -0.678. The van der Waals surface area contributed by atoms with E-state index in [-0.39, 0.29) is 11.7 Å². The number of benzene rings is 1. The number of amides is 1. The van der Waals surface area contributed by atoms with Crippen LogP contribution >= 0.6 is 0 Å². The molecule has 0 saturated carbocycles. The molecule has 0 bridgehead atoms. The van der Waals surface area contributed by atoms with Crippen molar-refractivity contribution in [3.05, 3.63) is 59.9 Å². The largest absolute Gasteiger partial charge is 0.338 e. The number of aromatic nitrogens is 2. The van der Waals surface area contributed by atoms with Gasteiger partial charge in [0.15, 0.2) is 0 Å². The molecular weight excluding hydrogens is 283 g/mol. The Morgan fingerprint density at radius 1 is 1.23 bits per heavy atom. The van der Waals surface area contributed by atoms with Gasteiger partial charge >= 0.3 is 0 Å². The lowest BCUT2D eigenvalue weighted by Crippen LogP contribution is -2.38. The first-order chi connectivity index (χ1) is 10.5. The molecule has 1 amide bonds. The molecule has 1 aromatic carbocycles. The zero-order valence-electron chi connectivity index (χ0n) is 12.9. The first kappa shape index (κ1) is 16.0. The molecule has 0 fully saturated rings. The standard InChI is InChI=1S/C16H19FN4O/c1-20(2)15(13-6-4-5-7-14(13)17)16(22)21(3)11-12-10-18-8-9-19-12/h4-10,15H,11H2,1-3H3/t15-/m0/s1. The van der Waals surface area contributed by atoms with Gasteiger partial charge in [-0.1, -0.05) is 18.2 Å². The molecule has 1 heterocycles. The monoisotopic (exact) mass is 302 g/mol. The molecule has 0 saturated heterocycles. The van der Waals surface area contributed by atoms with Crippen LogP contribution in [0.5, 0.6) is 0 Å². The number of rotatable bonds is 5. The molecule has 0 aliphatic rings. The van der Waals surface area contributed by atoms with E-state index < -0.39 is 6.04 Å². The van der Waals surface area contributed by atoms with Gasteiger partial charge in [0.05, 0.1) is 18.4 Å². The second-order valence-electron chi connectivity index (χ2n) is 5.28. The zero-order valence-corrected chi connectivity index (χ0v) is 12.9. The quantitative estimate of drug-likeness (QED) is 0.846. The first-order valence-electron chi connectivity index (χ1n) is 6.91. The van der Waals surface area contributed by atoms with Crippen molar-refractivity contribution in [3.8, 4) is 0 Å². The van der Waals surface area contributed by atoms with Crippen LogP contribution < -0.4 is 0 Å². The summed E-state index contributed by atoms with van der Waals surface area (Å²) in [5, 5.41) is 0. The maximum absolute atomic E-state index is 14.0. The summed E-state index contributed by atoms with van der Waals surface area (Å²) >= 11 is 0. The third kappa shape index (κ3) is 3.65. The van der Waals surface area contributed by atoms with Gasteiger partial charge in [0.25, 0.3) is 0 Å². The van der Waals surface area contributed by atoms with Crippen molar-refractivity contribution in [2.24, 2.45) is 0 Å². The van der Waals surface area contributed by atoms with E-state index in [1.54, 1.807) is 62.8 Å². The van der Waals surface area contributed by atoms with Crippen molar-refractivity contribution >= 4 is 5.91 Å². The minimum Gasteiger partial charge on any atom is -0.338 e. The molecule has 1 aromatic heterocycles. The van der Waals surface area contributed by atoms with E-state index in [1.807, 2.05) is 0 Å². The first-order valence-corrected chi connectivity index (χ1v) is 6.91. The van der Waals surface area contributed by atoms with Crippen molar-refractivity contribution < 1.29 is 9.18 Å². The number of nitrogens with zero attached hydrogens (tertiary/aromatic N) is 4. The molecule has 116 valence electrons. The molecule has 6 heteroatoms. The van der Waals surface area contributed by atoms with Crippen molar-refractivity contribution in [3.63, 3.8) is 0 Å². The minimum absolute atomic E-state index is 0.194. The third-order valence-corrected chi connectivity index (χ3v) is 3.34. The van der Waals surface area contributed by atoms with Gasteiger partial charge in [0.2, 0.25) is 5.91 Å². The van der Waals surface area contributed by atoms with Gasteiger partial charge < -0.3 is 4.90 Å². The molecule has 2 aromatic rings. The highest BCUT2D eigenvalue weighted by Crippen LogP contribution is 2.23. The summed E-state index contributed by atoms with van der Waals surface area (Å²) in [4.78, 5) is 24.1. The fraction of sp³-hybridized carbons (Fsp3) is 0.312. The average Bonchev–Trinajstić information content (AvgIpc) is 2.50. The van der Waals surface area contributed by atoms with Gasteiger partial charge in [-0.25, -0.2) is 4.39 Å². The Hall–Kier alpha value is -2.34. The normalized spacial score (nSPS) is 12.2. The second-order valence-corrected chi connectivity index (χ2v) is 5.28. The smallest absolute Gasteiger partial charge is 0.244 e. The lowest BCUT2D eigenvalue weighted by Gasteiger charge is -2.28. The molecule has 5 nitrogen and oxygen atoms in total. The van der Waals surface area contributed by atoms with Crippen LogP contribution in [0.1, 0.15) is 17.3 Å². The predicted molar refractivity (Wildman–Crippen MR) is 81.3 cm³/mol. The summed E-state index contributed by atoms with van der Waals surface area (Å²) in [6.07, 6.45) is 4.76. The lowest BCUT2D eigenvalue weighted by atomic mass is 10.0. The van der Waals surface area contributed by atoms with Crippen LogP contribution in [0.25, 0.3) is 0 Å². The topological polar surface area (TPSA) is 49.3 Å². The Labute approximate surface area is 129 Å². The number of likely N-dealkylation sites (N-methyl/N-ethyl adjacent to an activating group) is 2. The lowest BCUT2D eigenvalue weighted by molar-refractivity contribution is -0.135. The Kier molecular flexibility index (Phi) is 5.16. The zero-order chi connectivity index (χ0) is 16.1. The van der Waals surface area contributed by atoms with Gasteiger partial charge in [-0.3, -0.25) is 19.7 Å². The SMILES string of the molecule is CN(Cc1cnccn1)C(=O)[C@H](c1ccccc1F)N(C)C. The van der Waals surface area contributed by atoms with Gasteiger partial charge in [-0.2, -0.15) is 0 Å². The van der Waals surface area contributed by atoms with Crippen LogP contribution in [-0.2, 0) is 11.3 Å². The molecular formula is C16H19FN4O. The van der Waals surface area contributed by atoms with Crippen molar-refractivity contribution in [1.82, 2.24) is 19.8 Å². The van der Waals surface area contributed by atoms with E-state index in [9.17, 15) is 9.18 Å². The average molecular weight is 302 g/mol. The maximum atomic E-state index is 14.0. The number of halogens is 1. The third-order valence-electron chi connectivity index (χ3n) is 3.34. The van der Waals surface area contributed by atoms with E-state index in [0.29, 0.717) is 17.8 Å². The molecule has 1 atom stereocenters. The van der Waals surface area contributed by atoms with Crippen LogP contribution in [0.2, 0.25) is 0 Å². The van der Waals surface area contributed by atoms with Gasteiger partial charge in [0.1, 0.15) is 11.9 Å². The molecule has 0 aliphatic carbocycles. The van der Waals surface area contributed by atoms with Gasteiger partial charge in [0, 0.05) is 25.0 Å². The van der Waals surface area contributed by atoms with Crippen molar-refractivity contribution in [2.45, 2.75) is 12.6 Å². The second kappa shape index (κ2) is 7.09. The van der Waals surface area contributed by atoms with E-state index in [4.69, 9.17) is 0 Å². The van der Waals surface area contributed by atoms with E-state index in [0.717, 1.165) is 0 Å². The van der Waals surface area contributed by atoms with Crippen LogP contribution in [-0.4, -0.2) is 46.8 Å². The van der Waals surface area contributed by atoms with Crippen molar-refractivity contribution in [2.75, 3.05) is 21.1 Å². The van der Waals surface area contributed by atoms with Gasteiger partial charge in [-0.05, 0) is 20.2 Å². The fourth-order valence-electron chi connectivity index (χ4n) is 2.27. The van der Waals surface area contributed by atoms with E-state index in [1.165, 1.54) is 11.0 Å². The van der Waals surface area contributed by atoms with Crippen LogP contribution in [0.3, 0.4) is 0 Å². The number of carbonyl (C=O) groups is 1. The van der Waals surface area contributed by atoms with Gasteiger partial charge in [-0.15, -0.1) is 0 Å². The van der Waals surface area contributed by atoms with Crippen LogP contribution in [0.15, 0.2) is 42.9 Å². The predicted octanol–water partition coefficient (Wildman–Crippen LogP) is 1.88. The molecule has 2 rings (SSSR count). The van der Waals surface area contributed by atoms with E-state index >= 15 is 0 Å². The maximum Gasteiger partial charge on any atom is 0.244 e. The Morgan fingerprint density at radius 2 is 1.95 bits per heavy atom. The van der Waals surface area contributed by atoms with Crippen LogP contribution in [0.4, 0.5) is 4.39 Å². The molecule has 0 aliphatic heterocycles. The van der Waals surface area contributed by atoms with Crippen LogP contribution in [0, 0.1) is 5.82 Å². The number of carbonyl (C=O) groups excluding carboxylic acids is 1. The molecule has 0 spiro atoms. The van der Waals surface area contributed by atoms with E-state index in [2.05, 4.69) is 9.97 Å². The molecule has 22 heavy (non-hydrogen) atoms. The fourth-order valence-corrected chi connectivity index (χ4v) is 2.27. The Morgan fingerprint density at radius 3 is 2.55 bits per heavy atom. The summed E-state index contributed by atoms with van der Waals surface area (Å²) in [5.41, 5.74) is 1.05. The molecule has 0 unspecified atom stereocenters. The summed E-state index contributed by atoms with van der Waals surface area (Å²) in [6, 6.07) is 5.66. The Balaban J connectivity index is 2.22. The van der Waals surface area contributed by atoms with Crippen molar-refractivity contribution in [1.29, 1.82) is 0 Å². The highest BCUT2D eigenvalue weighted by molar-refractivity contribution is 5.83. The Bertz CT molecular complexity index is 633.